The number of amides is 1. The molecule has 0 saturated heterocycles. The SMILES string of the molecule is Cc1n[nH]c(C)c1NC(=O)COc1cccc2c1CCC[C@@H]2O. The van der Waals surface area contributed by atoms with E-state index in [1.165, 1.54) is 0 Å². The number of aliphatic hydroxyl groups excluding tert-OH is 1. The molecule has 0 radical (unpaired) electrons. The molecule has 3 N–H and O–H groups in total. The summed E-state index contributed by atoms with van der Waals surface area (Å²) in [4.78, 5) is 12.1. The number of fused-ring (bicyclic) bond motifs is 1. The normalized spacial score (nSPS) is 16.7. The van der Waals surface area contributed by atoms with E-state index in [4.69, 9.17) is 4.74 Å². The number of carbonyl (C=O) groups excluding carboxylic acids is 1. The van der Waals surface area contributed by atoms with Crippen molar-refractivity contribution in [3.05, 3.63) is 40.7 Å². The minimum absolute atomic E-state index is 0.0728. The number of hydrogen-bond donors (Lipinski definition) is 3. The van der Waals surface area contributed by atoms with Gasteiger partial charge in [-0.15, -0.1) is 0 Å². The number of aryl methyl sites for hydroxylation is 2. The molecule has 23 heavy (non-hydrogen) atoms. The van der Waals surface area contributed by atoms with Gasteiger partial charge in [0.2, 0.25) is 0 Å². The molecule has 3 rings (SSSR count). The Labute approximate surface area is 134 Å². The van der Waals surface area contributed by atoms with Gasteiger partial charge in [0.15, 0.2) is 6.61 Å². The van der Waals surface area contributed by atoms with Gasteiger partial charge >= 0.3 is 0 Å². The van der Waals surface area contributed by atoms with Crippen LogP contribution < -0.4 is 10.1 Å². The second kappa shape index (κ2) is 6.42. The van der Waals surface area contributed by atoms with Crippen LogP contribution in [0.5, 0.6) is 5.75 Å². The minimum Gasteiger partial charge on any atom is -0.483 e. The summed E-state index contributed by atoms with van der Waals surface area (Å²) >= 11 is 0. The molecule has 1 aromatic carbocycles. The molecular weight excluding hydrogens is 294 g/mol. The maximum atomic E-state index is 12.1. The number of hydrogen-bond acceptors (Lipinski definition) is 4. The lowest BCUT2D eigenvalue weighted by Crippen LogP contribution is -2.21. The maximum Gasteiger partial charge on any atom is 0.262 e. The summed E-state index contributed by atoms with van der Waals surface area (Å²) < 4.78 is 5.69. The molecule has 1 atom stereocenters. The number of benzene rings is 1. The largest absolute Gasteiger partial charge is 0.483 e. The predicted octanol–water partition coefficient (Wildman–Crippen LogP) is 2.41. The van der Waals surface area contributed by atoms with Crippen LogP contribution in [-0.2, 0) is 11.2 Å². The molecule has 2 aromatic rings. The van der Waals surface area contributed by atoms with Crippen LogP contribution >= 0.6 is 0 Å². The number of anilines is 1. The summed E-state index contributed by atoms with van der Waals surface area (Å²) in [5, 5.41) is 19.7. The monoisotopic (exact) mass is 315 g/mol. The summed E-state index contributed by atoms with van der Waals surface area (Å²) in [5.74, 6) is 0.448. The smallest absolute Gasteiger partial charge is 0.262 e. The molecular formula is C17H21N3O3. The fourth-order valence-electron chi connectivity index (χ4n) is 2.98. The Bertz CT molecular complexity index is 704. The zero-order valence-electron chi connectivity index (χ0n) is 13.3. The van der Waals surface area contributed by atoms with Gasteiger partial charge in [-0.25, -0.2) is 0 Å². The first kappa shape index (κ1) is 15.6. The standard InChI is InChI=1S/C17H21N3O3/c1-10-17(11(2)20-19-10)18-16(22)9-23-15-8-4-5-12-13(15)6-3-7-14(12)21/h4-5,8,14,21H,3,6-7,9H2,1-2H3,(H,18,22)(H,19,20)/t14-/m0/s1. The van der Waals surface area contributed by atoms with Crippen molar-refractivity contribution in [2.75, 3.05) is 11.9 Å². The van der Waals surface area contributed by atoms with Gasteiger partial charge < -0.3 is 15.2 Å². The number of ether oxygens (including phenoxy) is 1. The topological polar surface area (TPSA) is 87.2 Å². The third-order valence-electron chi connectivity index (χ3n) is 4.18. The van der Waals surface area contributed by atoms with Crippen molar-refractivity contribution < 1.29 is 14.6 Å². The van der Waals surface area contributed by atoms with Crippen LogP contribution in [-0.4, -0.2) is 27.8 Å². The van der Waals surface area contributed by atoms with Crippen molar-refractivity contribution in [1.82, 2.24) is 10.2 Å². The van der Waals surface area contributed by atoms with E-state index in [1.807, 2.05) is 32.0 Å². The van der Waals surface area contributed by atoms with E-state index in [0.29, 0.717) is 11.4 Å². The molecule has 0 bridgehead atoms. The Morgan fingerprint density at radius 3 is 3.04 bits per heavy atom. The number of nitrogens with zero attached hydrogens (tertiary/aromatic N) is 1. The second-order valence-electron chi connectivity index (χ2n) is 5.88. The fraction of sp³-hybridized carbons (Fsp3) is 0.412. The summed E-state index contributed by atoms with van der Waals surface area (Å²) in [6.45, 7) is 3.61. The number of carbonyl (C=O) groups is 1. The van der Waals surface area contributed by atoms with Crippen LogP contribution in [0.1, 0.15) is 41.5 Å². The minimum atomic E-state index is -0.438. The number of nitrogens with one attached hydrogen (secondary N) is 2. The van der Waals surface area contributed by atoms with Crippen molar-refractivity contribution >= 4 is 11.6 Å². The molecule has 0 saturated carbocycles. The summed E-state index contributed by atoms with van der Waals surface area (Å²) in [6, 6.07) is 5.62. The van der Waals surface area contributed by atoms with Gasteiger partial charge in [-0.3, -0.25) is 9.89 Å². The van der Waals surface area contributed by atoms with Crippen LogP contribution in [0.25, 0.3) is 0 Å². The summed E-state index contributed by atoms with van der Waals surface area (Å²) in [6.07, 6.45) is 2.13. The van der Waals surface area contributed by atoms with E-state index >= 15 is 0 Å². The Kier molecular flexibility index (Phi) is 4.34. The van der Waals surface area contributed by atoms with E-state index in [2.05, 4.69) is 15.5 Å². The highest BCUT2D eigenvalue weighted by molar-refractivity contribution is 5.93. The number of H-pyrrole nitrogens is 1. The zero-order valence-corrected chi connectivity index (χ0v) is 13.3. The summed E-state index contributed by atoms with van der Waals surface area (Å²) in [5.41, 5.74) is 4.18. The summed E-state index contributed by atoms with van der Waals surface area (Å²) in [7, 11) is 0. The van der Waals surface area contributed by atoms with Crippen molar-refractivity contribution in [3.63, 3.8) is 0 Å². The Morgan fingerprint density at radius 1 is 1.48 bits per heavy atom. The van der Waals surface area contributed by atoms with Crippen molar-refractivity contribution in [2.45, 2.75) is 39.2 Å². The highest BCUT2D eigenvalue weighted by Gasteiger charge is 2.21. The van der Waals surface area contributed by atoms with Crippen LogP contribution in [0.15, 0.2) is 18.2 Å². The molecule has 1 amide bonds. The molecule has 1 aliphatic rings. The van der Waals surface area contributed by atoms with Gasteiger partial charge in [0.25, 0.3) is 5.91 Å². The molecule has 1 aliphatic carbocycles. The number of rotatable bonds is 4. The van der Waals surface area contributed by atoms with Crippen LogP contribution in [0.2, 0.25) is 0 Å². The predicted molar refractivity (Wildman–Crippen MR) is 86.5 cm³/mol. The lowest BCUT2D eigenvalue weighted by atomic mass is 9.89. The maximum absolute atomic E-state index is 12.1. The average molecular weight is 315 g/mol. The van der Waals surface area contributed by atoms with E-state index in [9.17, 15) is 9.90 Å². The first-order chi connectivity index (χ1) is 11.1. The second-order valence-corrected chi connectivity index (χ2v) is 5.88. The molecule has 0 unspecified atom stereocenters. The van der Waals surface area contributed by atoms with Gasteiger partial charge in [0.05, 0.1) is 23.2 Å². The third-order valence-corrected chi connectivity index (χ3v) is 4.18. The van der Waals surface area contributed by atoms with E-state index in [0.717, 1.165) is 41.8 Å². The number of aromatic amines is 1. The molecule has 0 aliphatic heterocycles. The molecule has 0 fully saturated rings. The van der Waals surface area contributed by atoms with Gasteiger partial charge in [-0.2, -0.15) is 5.10 Å². The van der Waals surface area contributed by atoms with Crippen LogP contribution in [0, 0.1) is 13.8 Å². The lowest BCUT2D eigenvalue weighted by Gasteiger charge is -2.23. The van der Waals surface area contributed by atoms with Gasteiger partial charge in [0, 0.05) is 0 Å². The third kappa shape index (κ3) is 3.22. The van der Waals surface area contributed by atoms with Gasteiger partial charge in [0.1, 0.15) is 5.75 Å². The van der Waals surface area contributed by atoms with Gasteiger partial charge in [-0.1, -0.05) is 12.1 Å². The molecule has 122 valence electrons. The Hall–Kier alpha value is -2.34. The highest BCUT2D eigenvalue weighted by Crippen LogP contribution is 2.35. The molecule has 1 aromatic heterocycles. The van der Waals surface area contributed by atoms with Crippen LogP contribution in [0.3, 0.4) is 0 Å². The van der Waals surface area contributed by atoms with Crippen molar-refractivity contribution in [2.24, 2.45) is 0 Å². The lowest BCUT2D eigenvalue weighted by molar-refractivity contribution is -0.118. The van der Waals surface area contributed by atoms with E-state index in [-0.39, 0.29) is 12.5 Å². The zero-order chi connectivity index (χ0) is 16.4. The molecule has 6 heteroatoms. The first-order valence-corrected chi connectivity index (χ1v) is 7.80. The Morgan fingerprint density at radius 2 is 2.30 bits per heavy atom. The quantitative estimate of drug-likeness (QED) is 0.808. The van der Waals surface area contributed by atoms with Crippen molar-refractivity contribution in [1.29, 1.82) is 0 Å². The number of aromatic nitrogens is 2. The van der Waals surface area contributed by atoms with Crippen molar-refractivity contribution in [3.8, 4) is 5.75 Å². The molecule has 1 heterocycles. The highest BCUT2D eigenvalue weighted by atomic mass is 16.5. The molecule has 0 spiro atoms. The molecule has 6 nitrogen and oxygen atoms in total. The van der Waals surface area contributed by atoms with Gasteiger partial charge in [-0.05, 0) is 50.3 Å². The fourth-order valence-corrected chi connectivity index (χ4v) is 2.98. The Balaban J connectivity index is 1.67. The first-order valence-electron chi connectivity index (χ1n) is 7.80. The average Bonchev–Trinajstić information content (AvgIpc) is 2.85. The number of aliphatic hydroxyl groups is 1. The van der Waals surface area contributed by atoms with Crippen LogP contribution in [0.4, 0.5) is 5.69 Å². The van der Waals surface area contributed by atoms with E-state index < -0.39 is 6.10 Å². The van der Waals surface area contributed by atoms with E-state index in [1.54, 1.807) is 0 Å².